The van der Waals surface area contributed by atoms with Gasteiger partial charge in [0.1, 0.15) is 17.4 Å². The molecule has 1 aromatic carbocycles. The number of rotatable bonds is 3. The number of benzene rings is 1. The zero-order chi connectivity index (χ0) is 16.0. The Morgan fingerprint density at radius 1 is 1.13 bits per heavy atom. The van der Waals surface area contributed by atoms with Crippen molar-refractivity contribution in [2.24, 2.45) is 0 Å². The molecule has 0 bridgehead atoms. The summed E-state index contributed by atoms with van der Waals surface area (Å²) in [6.07, 6.45) is 3.32. The van der Waals surface area contributed by atoms with Crippen LogP contribution in [-0.4, -0.2) is 34.3 Å². The van der Waals surface area contributed by atoms with Crippen LogP contribution >= 0.6 is 0 Å². The van der Waals surface area contributed by atoms with Crippen LogP contribution in [0.4, 0.5) is 5.82 Å². The Morgan fingerprint density at radius 3 is 2.61 bits per heavy atom. The lowest BCUT2D eigenvalue weighted by atomic mass is 10.2. The monoisotopic (exact) mass is 311 g/mol. The summed E-state index contributed by atoms with van der Waals surface area (Å²) in [6.45, 7) is 0. The summed E-state index contributed by atoms with van der Waals surface area (Å²) in [5.41, 5.74) is 7.38. The van der Waals surface area contributed by atoms with E-state index in [2.05, 4.69) is 20.1 Å². The number of aromatic nitrogens is 5. The minimum Gasteiger partial charge on any atom is -0.493 e. The minimum absolute atomic E-state index is 0.552. The van der Waals surface area contributed by atoms with Crippen LogP contribution < -0.4 is 19.9 Å². The van der Waals surface area contributed by atoms with Gasteiger partial charge in [-0.05, 0) is 11.1 Å². The highest BCUT2D eigenvalue weighted by Crippen LogP contribution is 2.36. The summed E-state index contributed by atoms with van der Waals surface area (Å²) >= 11 is 0. The third kappa shape index (κ3) is 1.95. The molecule has 23 heavy (non-hydrogen) atoms. The van der Waals surface area contributed by atoms with E-state index in [1.54, 1.807) is 25.0 Å². The maximum atomic E-state index is 5.77. The zero-order valence-electron chi connectivity index (χ0n) is 12.6. The van der Waals surface area contributed by atoms with Gasteiger partial charge in [0.25, 0.3) is 0 Å². The zero-order valence-corrected chi connectivity index (χ0v) is 12.6. The molecule has 0 saturated carbocycles. The molecule has 0 aliphatic carbocycles. The highest BCUT2D eigenvalue weighted by Gasteiger charge is 2.21. The molecule has 0 unspecified atom stereocenters. The van der Waals surface area contributed by atoms with E-state index >= 15 is 0 Å². The van der Waals surface area contributed by atoms with E-state index in [1.807, 2.05) is 18.3 Å². The molecule has 0 atom stereocenters. The number of nitrogens with one attached hydrogen (secondary N) is 2. The number of nitrogens with zero attached hydrogens (tertiary/aromatic N) is 3. The molecule has 0 saturated heterocycles. The first-order valence-electron chi connectivity index (χ1n) is 6.96. The van der Waals surface area contributed by atoms with Gasteiger partial charge in [-0.25, -0.2) is 5.10 Å². The van der Waals surface area contributed by atoms with Gasteiger partial charge in [0.2, 0.25) is 6.33 Å². The van der Waals surface area contributed by atoms with Crippen molar-refractivity contribution >= 4 is 27.8 Å². The normalized spacial score (nSPS) is 11.2. The molecule has 4 aromatic rings. The number of H-pyrrole nitrogens is 2. The molecular weight excluding hydrogens is 296 g/mol. The van der Waals surface area contributed by atoms with Crippen LogP contribution in [0, 0.1) is 0 Å². The van der Waals surface area contributed by atoms with Gasteiger partial charge in [-0.3, -0.25) is 0 Å². The highest BCUT2D eigenvalue weighted by molar-refractivity contribution is 6.09. The van der Waals surface area contributed by atoms with Crippen LogP contribution in [0.15, 0.2) is 30.7 Å². The number of nitrogens with two attached hydrogens (primary N) is 1. The second-order valence-corrected chi connectivity index (χ2v) is 5.05. The van der Waals surface area contributed by atoms with Crippen molar-refractivity contribution in [3.8, 4) is 17.3 Å². The average Bonchev–Trinajstić information content (AvgIpc) is 3.16. The first-order chi connectivity index (χ1) is 11.2. The summed E-state index contributed by atoms with van der Waals surface area (Å²) < 4.78 is 12.5. The molecule has 0 spiro atoms. The van der Waals surface area contributed by atoms with Crippen molar-refractivity contribution in [2.45, 2.75) is 0 Å². The smallest absolute Gasteiger partial charge is 0.359 e. The van der Waals surface area contributed by atoms with Gasteiger partial charge < -0.3 is 20.2 Å². The van der Waals surface area contributed by atoms with E-state index < -0.39 is 0 Å². The summed E-state index contributed by atoms with van der Waals surface area (Å²) in [5.74, 6) is 2.55. The molecule has 3 heterocycles. The average molecular weight is 311 g/mol. The Morgan fingerprint density at radius 2 is 1.91 bits per heavy atom. The van der Waals surface area contributed by atoms with Gasteiger partial charge in [-0.15, -0.1) is 4.68 Å². The number of ether oxygens (including phenoxy) is 2. The lowest BCUT2D eigenvalue weighted by molar-refractivity contribution is -0.656. The molecular formula is C15H15N6O2+. The fourth-order valence-electron chi connectivity index (χ4n) is 2.71. The second kappa shape index (κ2) is 4.87. The van der Waals surface area contributed by atoms with Crippen LogP contribution in [-0.2, 0) is 0 Å². The van der Waals surface area contributed by atoms with Gasteiger partial charge in [0.15, 0.2) is 17.1 Å². The van der Waals surface area contributed by atoms with E-state index in [1.165, 1.54) is 6.33 Å². The quantitative estimate of drug-likeness (QED) is 0.495. The van der Waals surface area contributed by atoms with Gasteiger partial charge in [-0.1, -0.05) is 0 Å². The Bertz CT molecular complexity index is 1020. The molecule has 0 aliphatic rings. The van der Waals surface area contributed by atoms with Crippen molar-refractivity contribution in [3.05, 3.63) is 30.7 Å². The molecule has 0 aliphatic heterocycles. The summed E-state index contributed by atoms with van der Waals surface area (Å²) in [6, 6.07) is 5.56. The SMILES string of the molecule is COc1cc2[nH]c3ncnc(-[n+]4ccc(N)[nH]4)c3c2cc1OC. The number of nitrogen functional groups attached to an aromatic ring is 1. The van der Waals surface area contributed by atoms with E-state index in [-0.39, 0.29) is 0 Å². The molecule has 3 aromatic heterocycles. The summed E-state index contributed by atoms with van der Waals surface area (Å²) in [4.78, 5) is 12.0. The largest absolute Gasteiger partial charge is 0.493 e. The standard InChI is InChI=1S/C15H14N6O2/c1-22-10-5-8-9(6-11(10)23-2)19-14-13(8)15(18-7-17-14)21-4-3-12(16)20-21/h3-7H,1-2H3,(H3,16,17,18,19,20)/p+1. The Hall–Kier alpha value is -3.29. The van der Waals surface area contributed by atoms with Gasteiger partial charge >= 0.3 is 5.82 Å². The number of anilines is 1. The Balaban J connectivity index is 2.09. The van der Waals surface area contributed by atoms with Crippen molar-refractivity contribution in [3.63, 3.8) is 0 Å². The molecule has 0 amide bonds. The number of aromatic amines is 2. The lowest BCUT2D eigenvalue weighted by Gasteiger charge is -2.06. The molecule has 0 radical (unpaired) electrons. The molecule has 116 valence electrons. The predicted molar refractivity (Wildman–Crippen MR) is 84.8 cm³/mol. The third-order valence-corrected chi connectivity index (χ3v) is 3.75. The van der Waals surface area contributed by atoms with Crippen LogP contribution in [0.5, 0.6) is 11.5 Å². The van der Waals surface area contributed by atoms with Crippen LogP contribution in [0.3, 0.4) is 0 Å². The number of fused-ring (bicyclic) bond motifs is 3. The van der Waals surface area contributed by atoms with E-state index in [4.69, 9.17) is 15.2 Å². The van der Waals surface area contributed by atoms with Crippen LogP contribution in [0.25, 0.3) is 27.8 Å². The van der Waals surface area contributed by atoms with Crippen LogP contribution in [0.1, 0.15) is 0 Å². The maximum absolute atomic E-state index is 5.77. The van der Waals surface area contributed by atoms with Crippen molar-refractivity contribution < 1.29 is 14.2 Å². The Kier molecular flexibility index (Phi) is 2.83. The third-order valence-electron chi connectivity index (χ3n) is 3.75. The maximum Gasteiger partial charge on any atom is 0.359 e. The van der Waals surface area contributed by atoms with Gasteiger partial charge in [0, 0.05) is 17.5 Å². The van der Waals surface area contributed by atoms with Gasteiger partial charge in [-0.2, -0.15) is 4.98 Å². The van der Waals surface area contributed by atoms with Crippen molar-refractivity contribution in [1.82, 2.24) is 20.1 Å². The summed E-state index contributed by atoms with van der Waals surface area (Å²) in [7, 11) is 3.21. The van der Waals surface area contributed by atoms with Crippen molar-refractivity contribution in [2.75, 3.05) is 20.0 Å². The van der Waals surface area contributed by atoms with E-state index in [0.29, 0.717) is 23.1 Å². The number of hydrogen-bond acceptors (Lipinski definition) is 5. The first-order valence-corrected chi connectivity index (χ1v) is 6.96. The molecule has 8 nitrogen and oxygen atoms in total. The minimum atomic E-state index is 0.552. The predicted octanol–water partition coefficient (Wildman–Crippen LogP) is 1.32. The first kappa shape index (κ1) is 13.4. The summed E-state index contributed by atoms with van der Waals surface area (Å²) in [5, 5.41) is 4.83. The number of hydrogen-bond donors (Lipinski definition) is 3. The molecule has 4 rings (SSSR count). The fraction of sp³-hybridized carbons (Fsp3) is 0.133. The Labute approximate surface area is 130 Å². The highest BCUT2D eigenvalue weighted by atomic mass is 16.5. The number of methoxy groups -OCH3 is 2. The molecule has 8 heteroatoms. The van der Waals surface area contributed by atoms with Crippen molar-refractivity contribution in [1.29, 1.82) is 0 Å². The lowest BCUT2D eigenvalue weighted by Crippen LogP contribution is -2.33. The van der Waals surface area contributed by atoms with E-state index in [0.717, 1.165) is 21.9 Å². The fourth-order valence-corrected chi connectivity index (χ4v) is 2.71. The second-order valence-electron chi connectivity index (χ2n) is 5.05. The van der Waals surface area contributed by atoms with E-state index in [9.17, 15) is 0 Å². The molecule has 4 N–H and O–H groups in total. The van der Waals surface area contributed by atoms with Gasteiger partial charge in [0.05, 0.1) is 19.7 Å². The topological polar surface area (TPSA) is 106 Å². The van der Waals surface area contributed by atoms with Crippen LogP contribution in [0.2, 0.25) is 0 Å². The molecule has 0 fully saturated rings.